The number of fused-ring (bicyclic) bond motifs is 4. The number of ether oxygens (including phenoxy) is 1. The average molecular weight is 231 g/mol. The highest BCUT2D eigenvalue weighted by Crippen LogP contribution is 2.49. The molecule has 3 rings (SSSR count). The van der Waals surface area contributed by atoms with Gasteiger partial charge in [-0.1, -0.05) is 18.2 Å². The lowest BCUT2D eigenvalue weighted by molar-refractivity contribution is -0.0107. The second-order valence-electron chi connectivity index (χ2n) is 6.05. The lowest BCUT2D eigenvalue weighted by Gasteiger charge is -2.48. The first-order valence-electron chi connectivity index (χ1n) is 6.52. The summed E-state index contributed by atoms with van der Waals surface area (Å²) in [5.41, 5.74) is 1.45. The zero-order chi connectivity index (χ0) is 12.0. The van der Waals surface area contributed by atoms with Gasteiger partial charge in [-0.15, -0.1) is 0 Å². The molecule has 1 aliphatic heterocycles. The predicted molar refractivity (Wildman–Crippen MR) is 69.5 cm³/mol. The summed E-state index contributed by atoms with van der Waals surface area (Å²) in [5, 5.41) is 0. The van der Waals surface area contributed by atoms with Crippen molar-refractivity contribution in [2.45, 2.75) is 43.7 Å². The van der Waals surface area contributed by atoms with E-state index in [0.717, 1.165) is 12.2 Å². The first-order valence-corrected chi connectivity index (χ1v) is 6.52. The standard InChI is InChI=1S/C15H21NO/c1-15-9-11(8-12(10-15)16(2)3)13-6-4-5-7-14(13)17-15/h4-7,11-12H,8-10H2,1-3H3. The maximum absolute atomic E-state index is 6.24. The van der Waals surface area contributed by atoms with E-state index >= 15 is 0 Å². The van der Waals surface area contributed by atoms with Crippen LogP contribution >= 0.6 is 0 Å². The molecule has 1 aromatic carbocycles. The predicted octanol–water partition coefficient (Wildman–Crippen LogP) is 3.04. The number of hydrogen-bond acceptors (Lipinski definition) is 2. The van der Waals surface area contributed by atoms with Crippen LogP contribution in [0, 0.1) is 0 Å². The van der Waals surface area contributed by atoms with Gasteiger partial charge >= 0.3 is 0 Å². The SMILES string of the molecule is CN(C)C1CC2CC(C)(C1)Oc1ccccc12. The van der Waals surface area contributed by atoms with Gasteiger partial charge < -0.3 is 9.64 Å². The fourth-order valence-electron chi connectivity index (χ4n) is 3.49. The van der Waals surface area contributed by atoms with Gasteiger partial charge in [0.05, 0.1) is 0 Å². The number of hydrogen-bond donors (Lipinski definition) is 0. The minimum atomic E-state index is 0.0339. The van der Waals surface area contributed by atoms with E-state index < -0.39 is 0 Å². The summed E-state index contributed by atoms with van der Waals surface area (Å²) in [5.74, 6) is 1.79. The molecule has 2 nitrogen and oxygen atoms in total. The van der Waals surface area contributed by atoms with E-state index in [1.165, 1.54) is 18.4 Å². The van der Waals surface area contributed by atoms with Crippen molar-refractivity contribution in [3.63, 3.8) is 0 Å². The highest BCUT2D eigenvalue weighted by Gasteiger charge is 2.44. The van der Waals surface area contributed by atoms with Crippen LogP contribution in [0.25, 0.3) is 0 Å². The molecular weight excluding hydrogens is 210 g/mol. The Bertz CT molecular complexity index is 429. The van der Waals surface area contributed by atoms with E-state index in [-0.39, 0.29) is 5.60 Å². The molecule has 1 aliphatic carbocycles. The molecule has 3 unspecified atom stereocenters. The minimum Gasteiger partial charge on any atom is -0.487 e. The van der Waals surface area contributed by atoms with Gasteiger partial charge in [0.1, 0.15) is 11.4 Å². The van der Waals surface area contributed by atoms with Crippen LogP contribution in [0.1, 0.15) is 37.7 Å². The summed E-state index contributed by atoms with van der Waals surface area (Å²) in [6.45, 7) is 2.27. The smallest absolute Gasteiger partial charge is 0.123 e. The van der Waals surface area contributed by atoms with Gasteiger partial charge in [-0.05, 0) is 51.4 Å². The number of para-hydroxylation sites is 1. The van der Waals surface area contributed by atoms with E-state index in [1.54, 1.807) is 0 Å². The summed E-state index contributed by atoms with van der Waals surface area (Å²) in [6.07, 6.45) is 3.59. The largest absolute Gasteiger partial charge is 0.487 e. The zero-order valence-corrected chi connectivity index (χ0v) is 10.9. The van der Waals surface area contributed by atoms with Crippen LogP contribution < -0.4 is 4.74 Å². The summed E-state index contributed by atoms with van der Waals surface area (Å²) < 4.78 is 6.24. The maximum atomic E-state index is 6.24. The molecule has 0 N–H and O–H groups in total. The number of benzene rings is 1. The van der Waals surface area contributed by atoms with Gasteiger partial charge in [0.15, 0.2) is 0 Å². The lowest BCUT2D eigenvalue weighted by Crippen LogP contribution is -2.49. The second-order valence-corrected chi connectivity index (χ2v) is 6.05. The van der Waals surface area contributed by atoms with Crippen molar-refractivity contribution in [2.24, 2.45) is 0 Å². The Hall–Kier alpha value is -1.02. The zero-order valence-electron chi connectivity index (χ0n) is 10.9. The lowest BCUT2D eigenvalue weighted by atomic mass is 9.71. The maximum Gasteiger partial charge on any atom is 0.123 e. The van der Waals surface area contributed by atoms with Crippen LogP contribution in [0.4, 0.5) is 0 Å². The van der Waals surface area contributed by atoms with Gasteiger partial charge in [-0.2, -0.15) is 0 Å². The molecule has 0 spiro atoms. The third kappa shape index (κ3) is 1.85. The summed E-state index contributed by atoms with van der Waals surface area (Å²) >= 11 is 0. The summed E-state index contributed by atoms with van der Waals surface area (Å²) in [7, 11) is 4.36. The van der Waals surface area contributed by atoms with Crippen LogP contribution in [0.3, 0.4) is 0 Å². The molecule has 17 heavy (non-hydrogen) atoms. The highest BCUT2D eigenvalue weighted by atomic mass is 16.5. The number of nitrogens with zero attached hydrogens (tertiary/aromatic N) is 1. The van der Waals surface area contributed by atoms with Crippen molar-refractivity contribution in [3.8, 4) is 5.75 Å². The van der Waals surface area contributed by atoms with Gasteiger partial charge in [0, 0.05) is 12.5 Å². The third-order valence-electron chi connectivity index (χ3n) is 4.35. The molecule has 0 aromatic heterocycles. The average Bonchev–Trinajstić information content (AvgIpc) is 2.27. The van der Waals surface area contributed by atoms with Crippen molar-refractivity contribution in [1.29, 1.82) is 0 Å². The van der Waals surface area contributed by atoms with Crippen LogP contribution in [0.15, 0.2) is 24.3 Å². The molecular formula is C15H21NO. The van der Waals surface area contributed by atoms with E-state index in [1.807, 2.05) is 0 Å². The fraction of sp³-hybridized carbons (Fsp3) is 0.600. The topological polar surface area (TPSA) is 12.5 Å². The second kappa shape index (κ2) is 3.74. The van der Waals surface area contributed by atoms with E-state index in [2.05, 4.69) is 50.2 Å². The van der Waals surface area contributed by atoms with Crippen molar-refractivity contribution in [3.05, 3.63) is 29.8 Å². The fourth-order valence-corrected chi connectivity index (χ4v) is 3.49. The molecule has 3 atom stereocenters. The first kappa shape index (κ1) is 11.1. The van der Waals surface area contributed by atoms with Gasteiger partial charge in [-0.3, -0.25) is 0 Å². The molecule has 1 saturated carbocycles. The molecule has 2 aliphatic rings. The Morgan fingerprint density at radius 2 is 2.00 bits per heavy atom. The molecule has 2 bridgehead atoms. The Morgan fingerprint density at radius 1 is 1.24 bits per heavy atom. The van der Waals surface area contributed by atoms with E-state index in [9.17, 15) is 0 Å². The molecule has 0 amide bonds. The van der Waals surface area contributed by atoms with Crippen LogP contribution in [0.2, 0.25) is 0 Å². The normalized spacial score (nSPS) is 35.3. The summed E-state index contributed by atoms with van der Waals surface area (Å²) in [4.78, 5) is 2.35. The monoisotopic (exact) mass is 231 g/mol. The Kier molecular flexibility index (Phi) is 2.44. The quantitative estimate of drug-likeness (QED) is 0.736. The molecule has 0 saturated heterocycles. The van der Waals surface area contributed by atoms with Crippen LogP contribution in [0.5, 0.6) is 5.75 Å². The van der Waals surface area contributed by atoms with Crippen molar-refractivity contribution >= 4 is 0 Å². The molecule has 92 valence electrons. The van der Waals surface area contributed by atoms with E-state index in [0.29, 0.717) is 12.0 Å². The molecule has 0 radical (unpaired) electrons. The van der Waals surface area contributed by atoms with Gasteiger partial charge in [0.2, 0.25) is 0 Å². The van der Waals surface area contributed by atoms with Crippen LogP contribution in [-0.4, -0.2) is 30.6 Å². The Balaban J connectivity index is 1.98. The molecule has 1 aromatic rings. The number of rotatable bonds is 1. The van der Waals surface area contributed by atoms with Gasteiger partial charge in [-0.25, -0.2) is 0 Å². The van der Waals surface area contributed by atoms with Crippen molar-refractivity contribution < 1.29 is 4.74 Å². The Labute approximate surface area is 104 Å². The van der Waals surface area contributed by atoms with Crippen molar-refractivity contribution in [1.82, 2.24) is 4.90 Å². The third-order valence-corrected chi connectivity index (χ3v) is 4.35. The van der Waals surface area contributed by atoms with E-state index in [4.69, 9.17) is 4.74 Å². The Morgan fingerprint density at radius 3 is 2.76 bits per heavy atom. The minimum absolute atomic E-state index is 0.0339. The molecule has 1 heterocycles. The first-order chi connectivity index (χ1) is 8.07. The van der Waals surface area contributed by atoms with Gasteiger partial charge in [0.25, 0.3) is 0 Å². The molecule has 1 fully saturated rings. The highest BCUT2D eigenvalue weighted by molar-refractivity contribution is 5.40. The van der Waals surface area contributed by atoms with Crippen molar-refractivity contribution in [2.75, 3.05) is 14.1 Å². The van der Waals surface area contributed by atoms with Crippen LogP contribution in [-0.2, 0) is 0 Å². The summed E-state index contributed by atoms with van der Waals surface area (Å²) in [6, 6.07) is 9.21. The molecule has 2 heteroatoms.